The van der Waals surface area contributed by atoms with Crippen LogP contribution in [-0.4, -0.2) is 11.5 Å². The SMILES string of the molecule is Cc1cccc(CCNCc2cccc3[nH]ccc23)c1. The molecule has 3 aromatic rings. The Bertz CT molecular complexity index is 697. The number of rotatable bonds is 5. The van der Waals surface area contributed by atoms with Crippen molar-refractivity contribution in [3.63, 3.8) is 0 Å². The van der Waals surface area contributed by atoms with Gasteiger partial charge in [-0.3, -0.25) is 0 Å². The molecule has 0 unspecified atom stereocenters. The largest absolute Gasteiger partial charge is 0.361 e. The minimum Gasteiger partial charge on any atom is -0.361 e. The fraction of sp³-hybridized carbons (Fsp3) is 0.222. The number of H-pyrrole nitrogens is 1. The Morgan fingerprint density at radius 1 is 1.05 bits per heavy atom. The zero-order valence-electron chi connectivity index (χ0n) is 11.8. The number of aromatic nitrogens is 1. The Labute approximate surface area is 119 Å². The van der Waals surface area contributed by atoms with Gasteiger partial charge in [0.1, 0.15) is 0 Å². The summed E-state index contributed by atoms with van der Waals surface area (Å²) in [5.41, 5.74) is 5.30. The topological polar surface area (TPSA) is 27.8 Å². The van der Waals surface area contributed by atoms with E-state index in [4.69, 9.17) is 0 Å². The van der Waals surface area contributed by atoms with Crippen LogP contribution < -0.4 is 5.32 Å². The van der Waals surface area contributed by atoms with Gasteiger partial charge in [0.2, 0.25) is 0 Å². The molecule has 3 rings (SSSR count). The number of benzene rings is 2. The van der Waals surface area contributed by atoms with Crippen LogP contribution in [0.2, 0.25) is 0 Å². The first-order chi connectivity index (χ1) is 9.83. The standard InChI is InChI=1S/C18H20N2/c1-14-4-2-5-15(12-14)8-10-19-13-16-6-3-7-18-17(16)9-11-20-18/h2-7,9,11-12,19-20H,8,10,13H2,1H3. The van der Waals surface area contributed by atoms with E-state index >= 15 is 0 Å². The van der Waals surface area contributed by atoms with Crippen LogP contribution >= 0.6 is 0 Å². The van der Waals surface area contributed by atoms with Crippen LogP contribution in [0.3, 0.4) is 0 Å². The number of aromatic amines is 1. The molecule has 0 bridgehead atoms. The summed E-state index contributed by atoms with van der Waals surface area (Å²) in [6.07, 6.45) is 3.08. The van der Waals surface area contributed by atoms with Gasteiger partial charge >= 0.3 is 0 Å². The molecule has 0 amide bonds. The van der Waals surface area contributed by atoms with Crippen LogP contribution in [0.4, 0.5) is 0 Å². The van der Waals surface area contributed by atoms with Crippen LogP contribution in [0.1, 0.15) is 16.7 Å². The van der Waals surface area contributed by atoms with Crippen molar-refractivity contribution in [2.75, 3.05) is 6.54 Å². The Morgan fingerprint density at radius 3 is 2.85 bits per heavy atom. The van der Waals surface area contributed by atoms with Crippen LogP contribution in [0.5, 0.6) is 0 Å². The number of nitrogens with one attached hydrogen (secondary N) is 2. The molecule has 0 saturated heterocycles. The molecule has 0 radical (unpaired) electrons. The lowest BCUT2D eigenvalue weighted by molar-refractivity contribution is 0.689. The Morgan fingerprint density at radius 2 is 1.95 bits per heavy atom. The fourth-order valence-corrected chi connectivity index (χ4v) is 2.63. The van der Waals surface area contributed by atoms with E-state index in [2.05, 4.69) is 65.8 Å². The van der Waals surface area contributed by atoms with Crippen molar-refractivity contribution in [2.24, 2.45) is 0 Å². The van der Waals surface area contributed by atoms with Gasteiger partial charge in [-0.25, -0.2) is 0 Å². The van der Waals surface area contributed by atoms with E-state index in [9.17, 15) is 0 Å². The summed E-state index contributed by atoms with van der Waals surface area (Å²) in [5, 5.41) is 4.85. The van der Waals surface area contributed by atoms with Gasteiger partial charge in [0, 0.05) is 23.6 Å². The van der Waals surface area contributed by atoms with E-state index in [-0.39, 0.29) is 0 Å². The van der Waals surface area contributed by atoms with Crippen LogP contribution in [0.25, 0.3) is 10.9 Å². The van der Waals surface area contributed by atoms with Gasteiger partial charge in [0.15, 0.2) is 0 Å². The molecule has 1 heterocycles. The summed E-state index contributed by atoms with van der Waals surface area (Å²) in [6, 6.07) is 17.3. The van der Waals surface area contributed by atoms with Crippen molar-refractivity contribution in [1.82, 2.24) is 10.3 Å². The molecular formula is C18H20N2. The molecule has 0 spiro atoms. The molecule has 0 fully saturated rings. The molecular weight excluding hydrogens is 244 g/mol. The van der Waals surface area contributed by atoms with Crippen molar-refractivity contribution in [1.29, 1.82) is 0 Å². The van der Waals surface area contributed by atoms with Gasteiger partial charge in [0.25, 0.3) is 0 Å². The predicted octanol–water partition coefficient (Wildman–Crippen LogP) is 3.81. The molecule has 20 heavy (non-hydrogen) atoms. The summed E-state index contributed by atoms with van der Waals surface area (Å²) in [6.45, 7) is 4.06. The second-order valence-electron chi connectivity index (χ2n) is 5.27. The number of hydrogen-bond acceptors (Lipinski definition) is 1. The summed E-state index contributed by atoms with van der Waals surface area (Å²) in [5.74, 6) is 0. The molecule has 2 N–H and O–H groups in total. The van der Waals surface area contributed by atoms with Gasteiger partial charge in [-0.05, 0) is 43.1 Å². The van der Waals surface area contributed by atoms with Crippen molar-refractivity contribution in [3.8, 4) is 0 Å². The third kappa shape index (κ3) is 2.91. The highest BCUT2D eigenvalue weighted by molar-refractivity contribution is 5.82. The van der Waals surface area contributed by atoms with E-state index in [1.807, 2.05) is 6.20 Å². The lowest BCUT2D eigenvalue weighted by Gasteiger charge is -2.07. The average Bonchev–Trinajstić information content (AvgIpc) is 2.93. The van der Waals surface area contributed by atoms with Crippen molar-refractivity contribution >= 4 is 10.9 Å². The van der Waals surface area contributed by atoms with Crippen LogP contribution in [0, 0.1) is 6.92 Å². The average molecular weight is 264 g/mol. The monoisotopic (exact) mass is 264 g/mol. The molecule has 0 saturated carbocycles. The Kier molecular flexibility index (Phi) is 3.84. The quantitative estimate of drug-likeness (QED) is 0.674. The molecule has 0 aliphatic heterocycles. The Balaban J connectivity index is 1.56. The zero-order chi connectivity index (χ0) is 13.8. The molecule has 2 aromatic carbocycles. The molecule has 102 valence electrons. The summed E-state index contributed by atoms with van der Waals surface area (Å²) < 4.78 is 0. The van der Waals surface area contributed by atoms with Crippen molar-refractivity contribution in [2.45, 2.75) is 19.9 Å². The van der Waals surface area contributed by atoms with E-state index in [1.165, 1.54) is 27.6 Å². The van der Waals surface area contributed by atoms with Gasteiger partial charge in [0.05, 0.1) is 0 Å². The third-order valence-corrected chi connectivity index (χ3v) is 3.67. The van der Waals surface area contributed by atoms with Crippen molar-refractivity contribution < 1.29 is 0 Å². The normalized spacial score (nSPS) is 11.1. The van der Waals surface area contributed by atoms with Crippen LogP contribution in [0.15, 0.2) is 54.7 Å². The van der Waals surface area contributed by atoms with Gasteiger partial charge in [-0.15, -0.1) is 0 Å². The zero-order valence-corrected chi connectivity index (χ0v) is 11.8. The minimum atomic E-state index is 0.918. The predicted molar refractivity (Wildman–Crippen MR) is 84.9 cm³/mol. The van der Waals surface area contributed by atoms with Crippen LogP contribution in [-0.2, 0) is 13.0 Å². The van der Waals surface area contributed by atoms with Gasteiger partial charge in [-0.2, -0.15) is 0 Å². The Hall–Kier alpha value is -2.06. The van der Waals surface area contributed by atoms with E-state index in [0.717, 1.165) is 19.5 Å². The fourth-order valence-electron chi connectivity index (χ4n) is 2.63. The molecule has 2 heteroatoms. The summed E-state index contributed by atoms with van der Waals surface area (Å²) >= 11 is 0. The minimum absolute atomic E-state index is 0.918. The second-order valence-corrected chi connectivity index (χ2v) is 5.27. The van der Waals surface area contributed by atoms with E-state index in [0.29, 0.717) is 0 Å². The molecule has 0 aliphatic carbocycles. The summed E-state index contributed by atoms with van der Waals surface area (Å²) in [7, 11) is 0. The second kappa shape index (κ2) is 5.93. The number of fused-ring (bicyclic) bond motifs is 1. The maximum atomic E-state index is 3.54. The van der Waals surface area contributed by atoms with Gasteiger partial charge in [-0.1, -0.05) is 42.0 Å². The van der Waals surface area contributed by atoms with Crippen molar-refractivity contribution in [3.05, 3.63) is 71.4 Å². The molecule has 0 aliphatic rings. The van der Waals surface area contributed by atoms with Gasteiger partial charge < -0.3 is 10.3 Å². The first-order valence-electron chi connectivity index (χ1n) is 7.14. The highest BCUT2D eigenvalue weighted by Gasteiger charge is 2.01. The first kappa shape index (κ1) is 12.9. The lowest BCUT2D eigenvalue weighted by atomic mass is 10.1. The summed E-state index contributed by atoms with van der Waals surface area (Å²) in [4.78, 5) is 3.25. The van der Waals surface area contributed by atoms with E-state index < -0.39 is 0 Å². The number of aryl methyl sites for hydroxylation is 1. The maximum absolute atomic E-state index is 3.54. The molecule has 2 nitrogen and oxygen atoms in total. The first-order valence-corrected chi connectivity index (χ1v) is 7.14. The number of hydrogen-bond donors (Lipinski definition) is 2. The molecule has 0 atom stereocenters. The van der Waals surface area contributed by atoms with E-state index in [1.54, 1.807) is 0 Å². The maximum Gasteiger partial charge on any atom is 0.0457 e. The third-order valence-electron chi connectivity index (χ3n) is 3.67. The highest BCUT2D eigenvalue weighted by atomic mass is 14.8. The smallest absolute Gasteiger partial charge is 0.0457 e. The lowest BCUT2D eigenvalue weighted by Crippen LogP contribution is -2.16. The molecule has 1 aromatic heterocycles. The highest BCUT2D eigenvalue weighted by Crippen LogP contribution is 2.16.